The molecule has 2 heterocycles. The summed E-state index contributed by atoms with van der Waals surface area (Å²) < 4.78 is 0. The molecule has 0 aliphatic carbocycles. The van der Waals surface area contributed by atoms with Crippen molar-refractivity contribution in [3.63, 3.8) is 0 Å². The molecular weight excluding hydrogens is 250 g/mol. The predicted molar refractivity (Wildman–Crippen MR) is 71.1 cm³/mol. The normalized spacial score (nSPS) is 17.8. The Kier molecular flexibility index (Phi) is 4.55. The van der Waals surface area contributed by atoms with Crippen molar-refractivity contribution in [1.82, 2.24) is 9.88 Å². The van der Waals surface area contributed by atoms with Gasteiger partial charge in [0.05, 0.1) is 0 Å². The van der Waals surface area contributed by atoms with E-state index in [2.05, 4.69) is 9.88 Å². The van der Waals surface area contributed by atoms with E-state index in [-0.39, 0.29) is 5.91 Å². The van der Waals surface area contributed by atoms with Gasteiger partial charge in [0.2, 0.25) is 5.91 Å². The second kappa shape index (κ2) is 6.16. The van der Waals surface area contributed by atoms with Crippen LogP contribution in [-0.2, 0) is 11.3 Å². The number of hydrogen-bond donors (Lipinski definition) is 1. The molecule has 0 atom stereocenters. The van der Waals surface area contributed by atoms with E-state index in [4.69, 9.17) is 17.3 Å². The zero-order valence-electron chi connectivity index (χ0n) is 10.3. The van der Waals surface area contributed by atoms with E-state index in [0.29, 0.717) is 17.5 Å². The van der Waals surface area contributed by atoms with Gasteiger partial charge < -0.3 is 5.73 Å². The highest BCUT2D eigenvalue weighted by Crippen LogP contribution is 2.21. The summed E-state index contributed by atoms with van der Waals surface area (Å²) in [6.07, 6.45) is 4.43. The Morgan fingerprint density at radius 1 is 1.44 bits per heavy atom. The van der Waals surface area contributed by atoms with Gasteiger partial charge in [-0.1, -0.05) is 17.7 Å². The number of carbonyl (C=O) groups excluding carboxylic acids is 1. The fourth-order valence-corrected chi connectivity index (χ4v) is 2.50. The van der Waals surface area contributed by atoms with Gasteiger partial charge in [0, 0.05) is 19.2 Å². The van der Waals surface area contributed by atoms with Crippen molar-refractivity contribution in [2.45, 2.75) is 25.8 Å². The molecule has 98 valence electrons. The lowest BCUT2D eigenvalue weighted by Crippen LogP contribution is -2.34. The minimum absolute atomic E-state index is 0.185. The largest absolute Gasteiger partial charge is 0.370 e. The highest BCUT2D eigenvalue weighted by atomic mass is 35.5. The molecule has 0 saturated carbocycles. The number of piperidine rings is 1. The maximum Gasteiger partial charge on any atom is 0.217 e. The molecule has 2 N–H and O–H groups in total. The van der Waals surface area contributed by atoms with Crippen molar-refractivity contribution in [2.24, 2.45) is 11.7 Å². The lowest BCUT2D eigenvalue weighted by atomic mass is 9.93. The first-order chi connectivity index (χ1) is 8.63. The van der Waals surface area contributed by atoms with E-state index in [1.54, 1.807) is 0 Å². The number of likely N-dealkylation sites (tertiary alicyclic amines) is 1. The van der Waals surface area contributed by atoms with Gasteiger partial charge in [0.1, 0.15) is 5.15 Å². The third-order valence-corrected chi connectivity index (χ3v) is 3.62. The van der Waals surface area contributed by atoms with Gasteiger partial charge in [-0.15, -0.1) is 0 Å². The van der Waals surface area contributed by atoms with Crippen molar-refractivity contribution >= 4 is 17.5 Å². The van der Waals surface area contributed by atoms with Gasteiger partial charge in [0.15, 0.2) is 0 Å². The number of rotatable bonds is 4. The topological polar surface area (TPSA) is 59.2 Å². The molecule has 1 aliphatic heterocycles. The van der Waals surface area contributed by atoms with Gasteiger partial charge in [-0.3, -0.25) is 9.69 Å². The Morgan fingerprint density at radius 3 is 2.72 bits per heavy atom. The van der Waals surface area contributed by atoms with Crippen molar-refractivity contribution in [3.8, 4) is 0 Å². The van der Waals surface area contributed by atoms with E-state index in [1.807, 2.05) is 18.3 Å². The van der Waals surface area contributed by atoms with E-state index >= 15 is 0 Å². The van der Waals surface area contributed by atoms with E-state index < -0.39 is 0 Å². The van der Waals surface area contributed by atoms with Crippen LogP contribution in [0.4, 0.5) is 0 Å². The summed E-state index contributed by atoms with van der Waals surface area (Å²) in [6.45, 7) is 2.93. The molecule has 5 heteroatoms. The molecule has 1 aliphatic rings. The number of halogens is 1. The second-order valence-electron chi connectivity index (χ2n) is 4.88. The van der Waals surface area contributed by atoms with Crippen LogP contribution in [0.2, 0.25) is 5.15 Å². The Morgan fingerprint density at radius 2 is 2.17 bits per heavy atom. The van der Waals surface area contributed by atoms with E-state index in [0.717, 1.165) is 32.5 Å². The zero-order chi connectivity index (χ0) is 13.0. The molecular formula is C13H18ClN3O. The minimum atomic E-state index is -0.185. The van der Waals surface area contributed by atoms with Crippen molar-refractivity contribution in [2.75, 3.05) is 13.1 Å². The lowest BCUT2D eigenvalue weighted by molar-refractivity contribution is -0.119. The molecule has 1 fully saturated rings. The third-order valence-electron chi connectivity index (χ3n) is 3.39. The maximum atomic E-state index is 10.9. The van der Waals surface area contributed by atoms with Crippen LogP contribution >= 0.6 is 11.6 Å². The molecule has 0 aromatic carbocycles. The Hall–Kier alpha value is -1.13. The smallest absolute Gasteiger partial charge is 0.217 e. The Labute approximate surface area is 112 Å². The molecule has 1 aromatic rings. The van der Waals surface area contributed by atoms with Gasteiger partial charge in [-0.25, -0.2) is 4.98 Å². The summed E-state index contributed by atoms with van der Waals surface area (Å²) in [4.78, 5) is 17.3. The number of hydrogen-bond acceptors (Lipinski definition) is 3. The first kappa shape index (κ1) is 13.3. The molecule has 0 spiro atoms. The third kappa shape index (κ3) is 3.96. The molecule has 1 aromatic heterocycles. The molecule has 0 radical (unpaired) electrons. The fourth-order valence-electron chi connectivity index (χ4n) is 2.39. The van der Waals surface area contributed by atoms with Crippen LogP contribution in [0.5, 0.6) is 0 Å². The minimum Gasteiger partial charge on any atom is -0.370 e. The summed E-state index contributed by atoms with van der Waals surface area (Å²) in [7, 11) is 0. The van der Waals surface area contributed by atoms with Crippen LogP contribution in [-0.4, -0.2) is 28.9 Å². The molecule has 1 amide bonds. The molecule has 0 bridgehead atoms. The van der Waals surface area contributed by atoms with Crippen molar-refractivity contribution in [1.29, 1.82) is 0 Å². The first-order valence-electron chi connectivity index (χ1n) is 6.24. The predicted octanol–water partition coefficient (Wildman–Crippen LogP) is 1.82. The van der Waals surface area contributed by atoms with Crippen LogP contribution in [0.3, 0.4) is 0 Å². The zero-order valence-corrected chi connectivity index (χ0v) is 11.1. The highest BCUT2D eigenvalue weighted by molar-refractivity contribution is 6.29. The molecule has 2 rings (SSSR count). The SMILES string of the molecule is NC(=O)CC1CCN(Cc2ccc(Cl)nc2)CC1. The standard InChI is InChI=1S/C13H18ClN3O/c14-12-2-1-11(8-16-12)9-17-5-3-10(4-6-17)7-13(15)18/h1-2,8,10H,3-7,9H2,(H2,15,18). The van der Waals surface area contributed by atoms with Gasteiger partial charge >= 0.3 is 0 Å². The first-order valence-corrected chi connectivity index (χ1v) is 6.62. The number of nitrogens with zero attached hydrogens (tertiary/aromatic N) is 2. The molecule has 4 nitrogen and oxygen atoms in total. The number of nitrogens with two attached hydrogens (primary N) is 1. The average Bonchev–Trinajstić information content (AvgIpc) is 2.34. The summed E-state index contributed by atoms with van der Waals surface area (Å²) >= 11 is 5.75. The Bertz CT molecular complexity index is 399. The summed E-state index contributed by atoms with van der Waals surface area (Å²) in [5.41, 5.74) is 6.40. The van der Waals surface area contributed by atoms with E-state index in [1.165, 1.54) is 5.56 Å². The summed E-state index contributed by atoms with van der Waals surface area (Å²) in [5.74, 6) is 0.275. The summed E-state index contributed by atoms with van der Waals surface area (Å²) in [5, 5.41) is 0.527. The number of carbonyl (C=O) groups is 1. The lowest BCUT2D eigenvalue weighted by Gasteiger charge is -2.31. The van der Waals surface area contributed by atoms with Crippen LogP contribution in [0.15, 0.2) is 18.3 Å². The highest BCUT2D eigenvalue weighted by Gasteiger charge is 2.20. The molecule has 18 heavy (non-hydrogen) atoms. The maximum absolute atomic E-state index is 10.9. The fraction of sp³-hybridized carbons (Fsp3) is 0.538. The van der Waals surface area contributed by atoms with Crippen LogP contribution < -0.4 is 5.73 Å². The molecule has 1 saturated heterocycles. The number of aromatic nitrogens is 1. The van der Waals surface area contributed by atoms with Crippen LogP contribution in [0.25, 0.3) is 0 Å². The van der Waals surface area contributed by atoms with Gasteiger partial charge in [-0.2, -0.15) is 0 Å². The quantitative estimate of drug-likeness (QED) is 0.847. The number of amides is 1. The van der Waals surface area contributed by atoms with Crippen LogP contribution in [0.1, 0.15) is 24.8 Å². The van der Waals surface area contributed by atoms with Crippen molar-refractivity contribution in [3.05, 3.63) is 29.0 Å². The summed E-state index contributed by atoms with van der Waals surface area (Å²) in [6, 6.07) is 3.82. The number of pyridine rings is 1. The Balaban J connectivity index is 1.79. The molecule has 0 unspecified atom stereocenters. The monoisotopic (exact) mass is 267 g/mol. The van der Waals surface area contributed by atoms with Gasteiger partial charge in [-0.05, 0) is 43.5 Å². The van der Waals surface area contributed by atoms with E-state index in [9.17, 15) is 4.79 Å². The number of primary amides is 1. The van der Waals surface area contributed by atoms with Gasteiger partial charge in [0.25, 0.3) is 0 Å². The van der Waals surface area contributed by atoms with Crippen LogP contribution in [0, 0.1) is 5.92 Å². The second-order valence-corrected chi connectivity index (χ2v) is 5.27. The average molecular weight is 268 g/mol. The van der Waals surface area contributed by atoms with Crippen molar-refractivity contribution < 1.29 is 4.79 Å².